The van der Waals surface area contributed by atoms with Crippen molar-refractivity contribution < 1.29 is 0 Å². The third kappa shape index (κ3) is 1.13. The summed E-state index contributed by atoms with van der Waals surface area (Å²) in [5.41, 5.74) is 0.766. The van der Waals surface area contributed by atoms with Gasteiger partial charge in [0, 0.05) is 36.3 Å². The number of aryl methyl sites for hydroxylation is 2. The Morgan fingerprint density at radius 1 is 1.31 bits per heavy atom. The molecule has 0 spiro atoms. The number of hydrogen-bond donors (Lipinski definition) is 0. The molecule has 0 aromatic carbocycles. The van der Waals surface area contributed by atoms with Crippen LogP contribution in [0.3, 0.4) is 0 Å². The van der Waals surface area contributed by atoms with E-state index in [4.69, 9.17) is 0 Å². The summed E-state index contributed by atoms with van der Waals surface area (Å²) >= 11 is 3.41. The molecule has 0 N–H and O–H groups in total. The van der Waals surface area contributed by atoms with Crippen LogP contribution in [0, 0.1) is 0 Å². The van der Waals surface area contributed by atoms with E-state index in [-0.39, 0.29) is 5.56 Å². The monoisotopic (exact) mass is 240 g/mol. The Kier molecular flexibility index (Phi) is 1.80. The molecule has 0 aliphatic heterocycles. The lowest BCUT2D eigenvalue weighted by atomic mass is 10.3. The molecule has 0 saturated carbocycles. The van der Waals surface area contributed by atoms with E-state index in [9.17, 15) is 4.79 Å². The van der Waals surface area contributed by atoms with Gasteiger partial charge in [0.25, 0.3) is 5.56 Å². The van der Waals surface area contributed by atoms with Gasteiger partial charge >= 0.3 is 0 Å². The Morgan fingerprint density at radius 2 is 2.00 bits per heavy atom. The molecule has 3 nitrogen and oxygen atoms in total. The third-order valence-electron chi connectivity index (χ3n) is 2.16. The number of halogens is 1. The molecule has 0 aliphatic rings. The van der Waals surface area contributed by atoms with Gasteiger partial charge in [-0.05, 0) is 22.0 Å². The second-order valence-corrected chi connectivity index (χ2v) is 3.94. The molecule has 0 unspecified atom stereocenters. The van der Waals surface area contributed by atoms with Crippen LogP contribution in [0.4, 0.5) is 0 Å². The largest absolute Gasteiger partial charge is 0.345 e. The molecule has 13 heavy (non-hydrogen) atoms. The van der Waals surface area contributed by atoms with Gasteiger partial charge in [0.1, 0.15) is 5.52 Å². The number of rotatable bonds is 0. The average Bonchev–Trinajstić information content (AvgIpc) is 2.35. The van der Waals surface area contributed by atoms with Crippen LogP contribution in [-0.2, 0) is 14.1 Å². The number of fused-ring (bicyclic) bond motifs is 1. The third-order valence-corrected chi connectivity index (χ3v) is 2.79. The first kappa shape index (κ1) is 8.56. The minimum atomic E-state index is 0.0331. The molecule has 2 rings (SSSR count). The second-order valence-electron chi connectivity index (χ2n) is 3.08. The lowest BCUT2D eigenvalue weighted by Gasteiger charge is -1.98. The van der Waals surface area contributed by atoms with Gasteiger partial charge in [0.2, 0.25) is 0 Å². The van der Waals surface area contributed by atoms with E-state index < -0.39 is 0 Å². The van der Waals surface area contributed by atoms with Crippen LogP contribution in [0.25, 0.3) is 10.9 Å². The minimum Gasteiger partial charge on any atom is -0.345 e. The molecule has 0 bridgehead atoms. The lowest BCUT2D eigenvalue weighted by molar-refractivity contribution is 0.853. The molecule has 2 aromatic heterocycles. The lowest BCUT2D eigenvalue weighted by Crippen LogP contribution is -2.17. The van der Waals surface area contributed by atoms with Crippen molar-refractivity contribution in [3.8, 4) is 0 Å². The summed E-state index contributed by atoms with van der Waals surface area (Å²) in [6.45, 7) is 0. The van der Waals surface area contributed by atoms with Crippen molar-refractivity contribution in [3.63, 3.8) is 0 Å². The maximum atomic E-state index is 11.7. The van der Waals surface area contributed by atoms with E-state index in [0.29, 0.717) is 0 Å². The minimum absolute atomic E-state index is 0.0331. The van der Waals surface area contributed by atoms with Crippen LogP contribution in [0.2, 0.25) is 0 Å². The first-order valence-corrected chi connectivity index (χ1v) is 4.70. The highest BCUT2D eigenvalue weighted by atomic mass is 79.9. The first-order chi connectivity index (χ1) is 6.11. The van der Waals surface area contributed by atoms with Gasteiger partial charge in [-0.15, -0.1) is 0 Å². The Labute approximate surface area is 83.7 Å². The van der Waals surface area contributed by atoms with Crippen LogP contribution in [0.15, 0.2) is 27.7 Å². The van der Waals surface area contributed by atoms with Crippen LogP contribution in [0.5, 0.6) is 0 Å². The van der Waals surface area contributed by atoms with Crippen LogP contribution >= 0.6 is 15.9 Å². The van der Waals surface area contributed by atoms with Crippen LogP contribution < -0.4 is 5.56 Å². The van der Waals surface area contributed by atoms with Crippen molar-refractivity contribution in [2.75, 3.05) is 0 Å². The summed E-state index contributed by atoms with van der Waals surface area (Å²) in [6, 6.07) is 1.93. The SMILES string of the molecule is Cn1ccc2c(Br)cn(C)c2c1=O. The molecule has 0 saturated heterocycles. The molecule has 0 atom stereocenters. The van der Waals surface area contributed by atoms with Gasteiger partial charge in [-0.25, -0.2) is 0 Å². The zero-order chi connectivity index (χ0) is 9.59. The molecule has 0 amide bonds. The fraction of sp³-hybridized carbons (Fsp3) is 0.222. The van der Waals surface area contributed by atoms with Crippen LogP contribution in [0.1, 0.15) is 0 Å². The van der Waals surface area contributed by atoms with Gasteiger partial charge in [0.05, 0.1) is 0 Å². The topological polar surface area (TPSA) is 26.9 Å². The van der Waals surface area contributed by atoms with E-state index in [1.54, 1.807) is 17.8 Å². The summed E-state index contributed by atoms with van der Waals surface area (Å²) in [7, 11) is 3.62. The molecular formula is C9H9BrN2O. The predicted molar refractivity (Wildman–Crippen MR) is 55.9 cm³/mol. The van der Waals surface area contributed by atoms with E-state index in [0.717, 1.165) is 15.4 Å². The summed E-state index contributed by atoms with van der Waals surface area (Å²) in [6.07, 6.45) is 3.67. The van der Waals surface area contributed by atoms with Crippen molar-refractivity contribution in [2.45, 2.75) is 0 Å². The van der Waals surface area contributed by atoms with E-state index >= 15 is 0 Å². The maximum absolute atomic E-state index is 11.7. The molecule has 4 heteroatoms. The molecule has 0 fully saturated rings. The van der Waals surface area contributed by atoms with Crippen molar-refractivity contribution in [1.82, 2.24) is 9.13 Å². The molecule has 0 radical (unpaired) electrons. The summed E-state index contributed by atoms with van der Waals surface area (Å²) in [5, 5.41) is 0.964. The number of aromatic nitrogens is 2. The predicted octanol–water partition coefficient (Wildman–Crippen LogP) is 1.64. The quantitative estimate of drug-likeness (QED) is 0.688. The molecule has 0 aliphatic carbocycles. The highest BCUT2D eigenvalue weighted by molar-refractivity contribution is 9.10. The van der Waals surface area contributed by atoms with E-state index in [1.807, 2.05) is 23.9 Å². The highest BCUT2D eigenvalue weighted by Crippen LogP contribution is 2.22. The number of nitrogens with zero attached hydrogens (tertiary/aromatic N) is 2. The second kappa shape index (κ2) is 2.73. The number of pyridine rings is 1. The fourth-order valence-electron chi connectivity index (χ4n) is 1.45. The maximum Gasteiger partial charge on any atom is 0.274 e. The van der Waals surface area contributed by atoms with Gasteiger partial charge in [-0.2, -0.15) is 0 Å². The van der Waals surface area contributed by atoms with Crippen molar-refractivity contribution in [1.29, 1.82) is 0 Å². The zero-order valence-corrected chi connectivity index (χ0v) is 9.00. The molecule has 68 valence electrons. The standard InChI is InChI=1S/C9H9BrN2O/c1-11-4-3-6-7(10)5-12(2)8(6)9(11)13/h3-5H,1-2H3. The average molecular weight is 241 g/mol. The summed E-state index contributed by atoms with van der Waals surface area (Å²) < 4.78 is 4.37. The van der Waals surface area contributed by atoms with Crippen molar-refractivity contribution in [2.24, 2.45) is 14.1 Å². The Hall–Kier alpha value is -1.03. The first-order valence-electron chi connectivity index (χ1n) is 3.91. The Balaban J connectivity index is 3.08. The van der Waals surface area contributed by atoms with E-state index in [2.05, 4.69) is 15.9 Å². The molecule has 2 aromatic rings. The smallest absolute Gasteiger partial charge is 0.274 e. The molecule has 2 heterocycles. The Bertz CT molecular complexity index is 524. The Morgan fingerprint density at radius 3 is 2.69 bits per heavy atom. The van der Waals surface area contributed by atoms with E-state index in [1.165, 1.54) is 0 Å². The van der Waals surface area contributed by atoms with Gasteiger partial charge in [-0.3, -0.25) is 4.79 Å². The van der Waals surface area contributed by atoms with Crippen molar-refractivity contribution in [3.05, 3.63) is 33.3 Å². The van der Waals surface area contributed by atoms with Crippen LogP contribution in [-0.4, -0.2) is 9.13 Å². The van der Waals surface area contributed by atoms with Gasteiger partial charge in [0.15, 0.2) is 0 Å². The molecular weight excluding hydrogens is 232 g/mol. The summed E-state index contributed by atoms with van der Waals surface area (Å²) in [5.74, 6) is 0. The van der Waals surface area contributed by atoms with Crippen molar-refractivity contribution >= 4 is 26.8 Å². The normalized spacial score (nSPS) is 11.0. The summed E-state index contributed by atoms with van der Waals surface area (Å²) in [4.78, 5) is 11.7. The van der Waals surface area contributed by atoms with Gasteiger partial charge < -0.3 is 9.13 Å². The number of hydrogen-bond acceptors (Lipinski definition) is 1. The highest BCUT2D eigenvalue weighted by Gasteiger charge is 2.07. The fourth-order valence-corrected chi connectivity index (χ4v) is 2.08. The zero-order valence-electron chi connectivity index (χ0n) is 7.41. The van der Waals surface area contributed by atoms with Gasteiger partial charge in [-0.1, -0.05) is 0 Å².